The van der Waals surface area contributed by atoms with Crippen molar-refractivity contribution in [2.24, 2.45) is 0 Å². The quantitative estimate of drug-likeness (QED) is 0.799. The molecule has 116 valence electrons. The SMILES string of the molecule is CCCS(=O)(=O)c1c(N)nsc1NCC(C)c1nccs1. The summed E-state index contributed by atoms with van der Waals surface area (Å²) in [6, 6.07) is 0. The lowest BCUT2D eigenvalue weighted by molar-refractivity contribution is 0.595. The Hall–Kier alpha value is -1.19. The molecule has 2 rings (SSSR count). The van der Waals surface area contributed by atoms with Crippen LogP contribution in [0.25, 0.3) is 0 Å². The molecule has 9 heteroatoms. The van der Waals surface area contributed by atoms with E-state index in [0.717, 1.165) is 16.5 Å². The monoisotopic (exact) mass is 346 g/mol. The van der Waals surface area contributed by atoms with Crippen molar-refractivity contribution in [3.05, 3.63) is 16.6 Å². The fraction of sp³-hybridized carbons (Fsp3) is 0.500. The maximum Gasteiger partial charge on any atom is 0.185 e. The molecule has 0 bridgehead atoms. The summed E-state index contributed by atoms with van der Waals surface area (Å²) in [7, 11) is -3.38. The molecule has 0 radical (unpaired) electrons. The third-order valence-corrected chi connectivity index (χ3v) is 6.84. The molecule has 1 unspecified atom stereocenters. The summed E-state index contributed by atoms with van der Waals surface area (Å²) >= 11 is 2.67. The minimum Gasteiger partial charge on any atom is -0.382 e. The molecule has 0 fully saturated rings. The second kappa shape index (κ2) is 6.71. The van der Waals surface area contributed by atoms with Gasteiger partial charge in [-0.1, -0.05) is 13.8 Å². The van der Waals surface area contributed by atoms with Crippen molar-refractivity contribution in [2.75, 3.05) is 23.3 Å². The Kier molecular flexibility index (Phi) is 5.17. The zero-order chi connectivity index (χ0) is 15.5. The largest absolute Gasteiger partial charge is 0.382 e. The molecule has 1 atom stereocenters. The maximum atomic E-state index is 12.2. The van der Waals surface area contributed by atoms with Gasteiger partial charge in [-0.3, -0.25) is 0 Å². The Bertz CT molecular complexity index is 679. The van der Waals surface area contributed by atoms with Gasteiger partial charge in [-0.05, 0) is 18.0 Å². The fourth-order valence-electron chi connectivity index (χ4n) is 1.89. The molecular formula is C12H18N4O2S3. The van der Waals surface area contributed by atoms with Gasteiger partial charge in [0.25, 0.3) is 0 Å². The lowest BCUT2D eigenvalue weighted by Gasteiger charge is -2.11. The molecule has 6 nitrogen and oxygen atoms in total. The highest BCUT2D eigenvalue weighted by atomic mass is 32.2. The van der Waals surface area contributed by atoms with Gasteiger partial charge < -0.3 is 11.1 Å². The first-order valence-electron chi connectivity index (χ1n) is 6.57. The lowest BCUT2D eigenvalue weighted by Crippen LogP contribution is -2.13. The van der Waals surface area contributed by atoms with Crippen molar-refractivity contribution in [1.82, 2.24) is 9.36 Å². The van der Waals surface area contributed by atoms with Crippen LogP contribution in [-0.2, 0) is 9.84 Å². The van der Waals surface area contributed by atoms with Crippen molar-refractivity contribution in [3.63, 3.8) is 0 Å². The van der Waals surface area contributed by atoms with E-state index in [2.05, 4.69) is 14.7 Å². The van der Waals surface area contributed by atoms with Gasteiger partial charge in [-0.2, -0.15) is 4.37 Å². The van der Waals surface area contributed by atoms with Crippen molar-refractivity contribution >= 4 is 43.5 Å². The summed E-state index contributed by atoms with van der Waals surface area (Å²) in [5.41, 5.74) is 5.73. The van der Waals surface area contributed by atoms with Crippen LogP contribution in [0.3, 0.4) is 0 Å². The van der Waals surface area contributed by atoms with E-state index < -0.39 is 9.84 Å². The molecule has 0 saturated carbocycles. The van der Waals surface area contributed by atoms with Gasteiger partial charge in [0, 0.05) is 24.0 Å². The number of nitrogen functional groups attached to an aromatic ring is 1. The van der Waals surface area contributed by atoms with Crippen molar-refractivity contribution in [2.45, 2.75) is 31.1 Å². The first kappa shape index (κ1) is 16.2. The van der Waals surface area contributed by atoms with E-state index in [1.54, 1.807) is 17.5 Å². The summed E-state index contributed by atoms with van der Waals surface area (Å²) in [6.07, 6.45) is 2.31. The first-order chi connectivity index (χ1) is 9.95. The molecule has 21 heavy (non-hydrogen) atoms. The summed E-state index contributed by atoms with van der Waals surface area (Å²) < 4.78 is 28.5. The van der Waals surface area contributed by atoms with Gasteiger partial charge in [0.1, 0.15) is 9.90 Å². The van der Waals surface area contributed by atoms with Gasteiger partial charge in [0.15, 0.2) is 15.7 Å². The second-order valence-electron chi connectivity index (χ2n) is 4.70. The molecule has 0 aromatic carbocycles. The van der Waals surface area contributed by atoms with E-state index in [0.29, 0.717) is 18.0 Å². The number of nitrogens with two attached hydrogens (primary N) is 1. The first-order valence-corrected chi connectivity index (χ1v) is 9.87. The maximum absolute atomic E-state index is 12.2. The smallest absolute Gasteiger partial charge is 0.185 e. The number of aromatic nitrogens is 2. The van der Waals surface area contributed by atoms with Crippen molar-refractivity contribution < 1.29 is 8.42 Å². The minimum atomic E-state index is -3.38. The second-order valence-corrected chi connectivity index (χ2v) is 8.44. The number of hydrogen-bond donors (Lipinski definition) is 2. The number of anilines is 2. The Labute approximate surface area is 132 Å². The zero-order valence-corrected chi connectivity index (χ0v) is 14.3. The molecule has 0 amide bonds. The van der Waals surface area contributed by atoms with Crippen LogP contribution in [0, 0.1) is 0 Å². The zero-order valence-electron chi connectivity index (χ0n) is 11.9. The molecule has 0 spiro atoms. The molecule has 0 aliphatic rings. The third kappa shape index (κ3) is 3.72. The van der Waals surface area contributed by atoms with Crippen LogP contribution in [0.5, 0.6) is 0 Å². The van der Waals surface area contributed by atoms with Crippen LogP contribution < -0.4 is 11.1 Å². The summed E-state index contributed by atoms with van der Waals surface area (Å²) in [4.78, 5) is 4.40. The number of rotatable bonds is 7. The molecule has 0 saturated heterocycles. The predicted molar refractivity (Wildman–Crippen MR) is 87.9 cm³/mol. The van der Waals surface area contributed by atoms with Gasteiger partial charge in [0.05, 0.1) is 10.8 Å². The number of nitrogens with one attached hydrogen (secondary N) is 1. The van der Waals surface area contributed by atoms with Crippen molar-refractivity contribution in [1.29, 1.82) is 0 Å². The minimum absolute atomic E-state index is 0.0757. The summed E-state index contributed by atoms with van der Waals surface area (Å²) in [5, 5.41) is 6.60. The van der Waals surface area contributed by atoms with E-state index in [1.807, 2.05) is 19.2 Å². The fourth-order valence-corrected chi connectivity index (χ4v) is 5.21. The average Bonchev–Trinajstić information content (AvgIpc) is 3.05. The Balaban J connectivity index is 2.15. The lowest BCUT2D eigenvalue weighted by atomic mass is 10.2. The van der Waals surface area contributed by atoms with Crippen LogP contribution in [0.1, 0.15) is 31.2 Å². The van der Waals surface area contributed by atoms with Crippen LogP contribution >= 0.6 is 22.9 Å². The third-order valence-electron chi connectivity index (χ3n) is 2.90. The van der Waals surface area contributed by atoms with Gasteiger partial charge in [0.2, 0.25) is 0 Å². The van der Waals surface area contributed by atoms with Crippen LogP contribution in [0.15, 0.2) is 16.5 Å². The topological polar surface area (TPSA) is 98.0 Å². The van der Waals surface area contributed by atoms with Crippen molar-refractivity contribution in [3.8, 4) is 0 Å². The van der Waals surface area contributed by atoms with Gasteiger partial charge in [-0.15, -0.1) is 11.3 Å². The summed E-state index contributed by atoms with van der Waals surface area (Å²) in [5.74, 6) is 0.347. The predicted octanol–water partition coefficient (Wildman–Crippen LogP) is 2.58. The molecule has 0 aliphatic carbocycles. The Morgan fingerprint density at radius 2 is 2.24 bits per heavy atom. The highest BCUT2D eigenvalue weighted by Crippen LogP contribution is 2.33. The van der Waals surface area contributed by atoms with E-state index in [4.69, 9.17) is 5.73 Å². The molecule has 2 heterocycles. The molecule has 2 aromatic rings. The highest BCUT2D eigenvalue weighted by molar-refractivity contribution is 7.91. The van der Waals surface area contributed by atoms with E-state index in [1.165, 1.54) is 0 Å². The molecule has 3 N–H and O–H groups in total. The van der Waals surface area contributed by atoms with Crippen LogP contribution in [0.2, 0.25) is 0 Å². The Morgan fingerprint density at radius 1 is 1.48 bits per heavy atom. The average molecular weight is 347 g/mol. The van der Waals surface area contributed by atoms with Crippen LogP contribution in [0.4, 0.5) is 10.8 Å². The van der Waals surface area contributed by atoms with E-state index in [9.17, 15) is 8.42 Å². The van der Waals surface area contributed by atoms with Gasteiger partial charge >= 0.3 is 0 Å². The summed E-state index contributed by atoms with van der Waals surface area (Å²) in [6.45, 7) is 4.45. The molecular weight excluding hydrogens is 328 g/mol. The number of nitrogens with zero attached hydrogens (tertiary/aromatic N) is 2. The Morgan fingerprint density at radius 3 is 2.86 bits per heavy atom. The standard InChI is InChI=1S/C12H18N4O2S3/c1-3-6-21(17,18)9-10(13)16-20-12(9)15-7-8(2)11-14-4-5-19-11/h4-5,8,15H,3,6-7H2,1-2H3,(H2,13,16). The molecule has 2 aromatic heterocycles. The highest BCUT2D eigenvalue weighted by Gasteiger charge is 2.25. The molecule has 0 aliphatic heterocycles. The number of thiazole rings is 1. The number of sulfone groups is 1. The van der Waals surface area contributed by atoms with Crippen LogP contribution in [-0.4, -0.2) is 30.1 Å². The van der Waals surface area contributed by atoms with E-state index >= 15 is 0 Å². The van der Waals surface area contributed by atoms with Gasteiger partial charge in [-0.25, -0.2) is 13.4 Å². The normalized spacial score (nSPS) is 13.2. The van der Waals surface area contributed by atoms with E-state index in [-0.39, 0.29) is 22.4 Å². The number of hydrogen-bond acceptors (Lipinski definition) is 8.